The summed E-state index contributed by atoms with van der Waals surface area (Å²) in [5, 5.41) is 2.81. The van der Waals surface area contributed by atoms with Gasteiger partial charge in [0.05, 0.1) is 13.2 Å². The number of pyridine rings is 1. The number of para-hydroxylation sites is 1. The van der Waals surface area contributed by atoms with Gasteiger partial charge in [0.25, 0.3) is 5.91 Å². The summed E-state index contributed by atoms with van der Waals surface area (Å²) < 4.78 is 10.9. The van der Waals surface area contributed by atoms with Crippen LogP contribution in [0.1, 0.15) is 16.9 Å². The summed E-state index contributed by atoms with van der Waals surface area (Å²) in [7, 11) is 1.57. The lowest BCUT2D eigenvalue weighted by Gasteiger charge is -2.23. The number of likely N-dealkylation sites (tertiary alicyclic amines) is 1. The molecule has 2 amide bonds. The summed E-state index contributed by atoms with van der Waals surface area (Å²) in [6, 6.07) is 13.9. The number of rotatable bonds is 7. The molecule has 1 aromatic heterocycles. The van der Waals surface area contributed by atoms with Gasteiger partial charge in [-0.15, -0.1) is 0 Å². The van der Waals surface area contributed by atoms with E-state index in [0.29, 0.717) is 37.6 Å². The Hall–Kier alpha value is -2.93. The van der Waals surface area contributed by atoms with Crippen LogP contribution in [0.5, 0.6) is 5.75 Å². The number of nitrogens with one attached hydrogen (secondary N) is 1. The minimum Gasteiger partial charge on any atom is -0.488 e. The Bertz CT molecular complexity index is 754. The van der Waals surface area contributed by atoms with Crippen LogP contribution in [0.4, 0.5) is 0 Å². The largest absolute Gasteiger partial charge is 0.488 e. The molecule has 2 atom stereocenters. The van der Waals surface area contributed by atoms with Gasteiger partial charge in [0.15, 0.2) is 0 Å². The summed E-state index contributed by atoms with van der Waals surface area (Å²) in [4.78, 5) is 31.2. The number of amides is 2. The standard InChI is InChI=1S/C20H23N3O4/c1-26-12-11-22-19(24)18-13-16(27-15-7-3-2-4-8-15)14-23(18)20(25)17-9-5-6-10-21-17/h2-10,16,18H,11-14H2,1H3,(H,22,24)/t16-,18-/m0/s1. The molecule has 1 aliphatic heterocycles. The van der Waals surface area contributed by atoms with Crippen molar-refractivity contribution in [3.8, 4) is 5.75 Å². The zero-order valence-electron chi connectivity index (χ0n) is 15.2. The summed E-state index contributed by atoms with van der Waals surface area (Å²) in [6.07, 6.45) is 1.72. The summed E-state index contributed by atoms with van der Waals surface area (Å²) in [5.74, 6) is 0.227. The van der Waals surface area contributed by atoms with E-state index in [-0.39, 0.29) is 17.9 Å². The number of carbonyl (C=O) groups is 2. The lowest BCUT2D eigenvalue weighted by molar-refractivity contribution is -0.125. The highest BCUT2D eigenvalue weighted by molar-refractivity contribution is 5.96. The van der Waals surface area contributed by atoms with E-state index in [2.05, 4.69) is 10.3 Å². The van der Waals surface area contributed by atoms with Crippen molar-refractivity contribution in [3.05, 3.63) is 60.4 Å². The second-order valence-corrected chi connectivity index (χ2v) is 6.26. The second kappa shape index (κ2) is 9.14. The van der Waals surface area contributed by atoms with Gasteiger partial charge in [0.1, 0.15) is 23.6 Å². The minimum atomic E-state index is -0.606. The maximum atomic E-state index is 12.9. The maximum absolute atomic E-state index is 12.9. The average molecular weight is 369 g/mol. The van der Waals surface area contributed by atoms with Gasteiger partial charge in [-0.3, -0.25) is 14.6 Å². The van der Waals surface area contributed by atoms with Crippen LogP contribution in [0.3, 0.4) is 0 Å². The van der Waals surface area contributed by atoms with Gasteiger partial charge in [0.2, 0.25) is 5.91 Å². The number of hydrogen-bond acceptors (Lipinski definition) is 5. The van der Waals surface area contributed by atoms with Gasteiger partial charge >= 0.3 is 0 Å². The molecule has 2 heterocycles. The van der Waals surface area contributed by atoms with Gasteiger partial charge in [-0.1, -0.05) is 24.3 Å². The van der Waals surface area contributed by atoms with Crippen LogP contribution in [-0.2, 0) is 9.53 Å². The topological polar surface area (TPSA) is 80.8 Å². The van der Waals surface area contributed by atoms with Crippen LogP contribution < -0.4 is 10.1 Å². The van der Waals surface area contributed by atoms with Gasteiger partial charge in [-0.2, -0.15) is 0 Å². The van der Waals surface area contributed by atoms with E-state index in [4.69, 9.17) is 9.47 Å². The predicted molar refractivity (Wildman–Crippen MR) is 99.4 cm³/mol. The maximum Gasteiger partial charge on any atom is 0.273 e. The Morgan fingerprint density at radius 2 is 1.96 bits per heavy atom. The fourth-order valence-electron chi connectivity index (χ4n) is 3.08. The summed E-state index contributed by atoms with van der Waals surface area (Å²) in [6.45, 7) is 1.13. The van der Waals surface area contributed by atoms with E-state index < -0.39 is 6.04 Å². The molecule has 0 radical (unpaired) electrons. The van der Waals surface area contributed by atoms with E-state index in [9.17, 15) is 9.59 Å². The van der Waals surface area contributed by atoms with Crippen molar-refractivity contribution in [2.45, 2.75) is 18.6 Å². The Kier molecular flexibility index (Phi) is 6.38. The number of benzene rings is 1. The van der Waals surface area contributed by atoms with Crippen LogP contribution in [0, 0.1) is 0 Å². The zero-order chi connectivity index (χ0) is 19.1. The highest BCUT2D eigenvalue weighted by atomic mass is 16.5. The molecule has 2 aromatic rings. The third kappa shape index (κ3) is 4.83. The van der Waals surface area contributed by atoms with E-state index in [1.807, 2.05) is 30.3 Å². The minimum absolute atomic E-state index is 0.213. The average Bonchev–Trinajstić information content (AvgIpc) is 3.13. The van der Waals surface area contributed by atoms with Gasteiger partial charge < -0.3 is 19.7 Å². The van der Waals surface area contributed by atoms with Crippen LogP contribution >= 0.6 is 0 Å². The first-order chi connectivity index (χ1) is 13.2. The van der Waals surface area contributed by atoms with Crippen LogP contribution in [0.25, 0.3) is 0 Å². The second-order valence-electron chi connectivity index (χ2n) is 6.26. The molecule has 0 spiro atoms. The van der Waals surface area contributed by atoms with Gasteiger partial charge in [-0.25, -0.2) is 0 Å². The first kappa shape index (κ1) is 18.8. The van der Waals surface area contributed by atoms with Crippen LogP contribution in [0.2, 0.25) is 0 Å². The molecular formula is C20H23N3O4. The van der Waals surface area contributed by atoms with Gasteiger partial charge in [0, 0.05) is 26.3 Å². The number of hydrogen-bond donors (Lipinski definition) is 1. The molecule has 1 fully saturated rings. The SMILES string of the molecule is COCCNC(=O)[C@@H]1C[C@H](Oc2ccccc2)CN1C(=O)c1ccccn1. The first-order valence-electron chi connectivity index (χ1n) is 8.89. The van der Waals surface area contributed by atoms with Crippen molar-refractivity contribution in [3.63, 3.8) is 0 Å². The van der Waals surface area contributed by atoms with Crippen molar-refractivity contribution in [2.24, 2.45) is 0 Å². The number of nitrogens with zero attached hydrogens (tertiary/aromatic N) is 2. The van der Waals surface area contributed by atoms with Crippen molar-refractivity contribution in [1.82, 2.24) is 15.2 Å². The lowest BCUT2D eigenvalue weighted by atomic mass is 10.1. The molecule has 0 saturated carbocycles. The molecule has 7 nitrogen and oxygen atoms in total. The molecule has 27 heavy (non-hydrogen) atoms. The quantitative estimate of drug-likeness (QED) is 0.748. The molecular weight excluding hydrogens is 346 g/mol. The fraction of sp³-hybridized carbons (Fsp3) is 0.350. The number of ether oxygens (including phenoxy) is 2. The van der Waals surface area contributed by atoms with Crippen molar-refractivity contribution in [2.75, 3.05) is 26.8 Å². The Morgan fingerprint density at radius 3 is 2.67 bits per heavy atom. The predicted octanol–water partition coefficient (Wildman–Crippen LogP) is 1.51. The molecule has 7 heteroatoms. The molecule has 1 aromatic carbocycles. The molecule has 0 unspecified atom stereocenters. The van der Waals surface area contributed by atoms with Crippen molar-refractivity contribution >= 4 is 11.8 Å². The number of methoxy groups -OCH3 is 1. The Labute approximate surface area is 158 Å². The van der Waals surface area contributed by atoms with E-state index in [1.54, 1.807) is 31.5 Å². The molecule has 1 aliphatic rings. The fourth-order valence-corrected chi connectivity index (χ4v) is 3.08. The number of carbonyl (C=O) groups excluding carboxylic acids is 2. The highest BCUT2D eigenvalue weighted by Crippen LogP contribution is 2.24. The molecule has 0 aliphatic carbocycles. The molecule has 0 bridgehead atoms. The van der Waals surface area contributed by atoms with E-state index >= 15 is 0 Å². The first-order valence-corrected chi connectivity index (χ1v) is 8.89. The highest BCUT2D eigenvalue weighted by Gasteiger charge is 2.41. The third-order valence-corrected chi connectivity index (χ3v) is 4.36. The molecule has 1 saturated heterocycles. The van der Waals surface area contributed by atoms with E-state index in [0.717, 1.165) is 0 Å². The Morgan fingerprint density at radius 1 is 1.19 bits per heavy atom. The van der Waals surface area contributed by atoms with Crippen molar-refractivity contribution < 1.29 is 19.1 Å². The van der Waals surface area contributed by atoms with Crippen molar-refractivity contribution in [1.29, 1.82) is 0 Å². The Balaban J connectivity index is 1.74. The smallest absolute Gasteiger partial charge is 0.273 e. The number of aromatic nitrogens is 1. The summed E-state index contributed by atoms with van der Waals surface area (Å²) in [5.41, 5.74) is 0.313. The van der Waals surface area contributed by atoms with Crippen LogP contribution in [-0.4, -0.2) is 60.7 Å². The molecule has 3 rings (SSSR count). The summed E-state index contributed by atoms with van der Waals surface area (Å²) >= 11 is 0. The molecule has 142 valence electrons. The van der Waals surface area contributed by atoms with Crippen LogP contribution in [0.15, 0.2) is 54.7 Å². The normalized spacial score (nSPS) is 18.9. The monoisotopic (exact) mass is 369 g/mol. The van der Waals surface area contributed by atoms with Gasteiger partial charge in [-0.05, 0) is 24.3 Å². The lowest BCUT2D eigenvalue weighted by Crippen LogP contribution is -2.46. The van der Waals surface area contributed by atoms with E-state index in [1.165, 1.54) is 4.90 Å². The zero-order valence-corrected chi connectivity index (χ0v) is 15.2. The third-order valence-electron chi connectivity index (χ3n) is 4.36. The molecule has 1 N–H and O–H groups in total.